The first-order valence-electron chi connectivity index (χ1n) is 8.12. The molecule has 2 aromatic heterocycles. The molecule has 0 atom stereocenters. The number of nitrogens with zero attached hydrogens (tertiary/aromatic N) is 3. The minimum absolute atomic E-state index is 0.0925. The summed E-state index contributed by atoms with van der Waals surface area (Å²) in [6, 6.07) is 9.88. The van der Waals surface area contributed by atoms with Gasteiger partial charge in [-0.3, -0.25) is 19.6 Å². The van der Waals surface area contributed by atoms with Gasteiger partial charge in [0.15, 0.2) is 5.13 Å². The molecule has 0 bridgehead atoms. The normalized spacial score (nSPS) is 10.5. The summed E-state index contributed by atoms with van der Waals surface area (Å²) in [7, 11) is 0. The Morgan fingerprint density at radius 2 is 2.08 bits per heavy atom. The minimum Gasteiger partial charge on any atom is -0.466 e. The van der Waals surface area contributed by atoms with Gasteiger partial charge in [0.2, 0.25) is 0 Å². The number of amides is 1. The smallest absolute Gasteiger partial charge is 0.311 e. The number of benzene rings is 1. The Kier molecular flexibility index (Phi) is 5.75. The van der Waals surface area contributed by atoms with Gasteiger partial charge in [0.1, 0.15) is 0 Å². The summed E-state index contributed by atoms with van der Waals surface area (Å²) in [6.07, 6.45) is 3.30. The van der Waals surface area contributed by atoms with Crippen molar-refractivity contribution in [1.82, 2.24) is 14.8 Å². The maximum Gasteiger partial charge on any atom is 0.311 e. The molecule has 2 heterocycles. The second-order valence-electron chi connectivity index (χ2n) is 5.49. The molecule has 0 aliphatic rings. The molecule has 3 aromatic rings. The van der Waals surface area contributed by atoms with Crippen LogP contribution in [0.3, 0.4) is 0 Å². The first kappa shape index (κ1) is 17.8. The molecule has 1 aromatic carbocycles. The molecule has 0 spiro atoms. The highest BCUT2D eigenvalue weighted by Crippen LogP contribution is 2.17. The summed E-state index contributed by atoms with van der Waals surface area (Å²) in [4.78, 5) is 28.0. The van der Waals surface area contributed by atoms with Gasteiger partial charge in [-0.15, -0.1) is 11.3 Å². The molecule has 26 heavy (non-hydrogen) atoms. The van der Waals surface area contributed by atoms with Crippen molar-refractivity contribution >= 4 is 28.3 Å². The van der Waals surface area contributed by atoms with Crippen LogP contribution in [0.1, 0.15) is 28.5 Å². The average Bonchev–Trinajstić information content (AvgIpc) is 3.26. The van der Waals surface area contributed by atoms with Gasteiger partial charge in [0.05, 0.1) is 37.0 Å². The molecular formula is C18H18N4O3S. The van der Waals surface area contributed by atoms with Crippen LogP contribution in [0.4, 0.5) is 5.13 Å². The van der Waals surface area contributed by atoms with E-state index in [4.69, 9.17) is 4.74 Å². The molecule has 0 radical (unpaired) electrons. The van der Waals surface area contributed by atoms with Crippen LogP contribution in [0.5, 0.6) is 0 Å². The van der Waals surface area contributed by atoms with Crippen molar-refractivity contribution < 1.29 is 14.3 Å². The van der Waals surface area contributed by atoms with Crippen LogP contribution < -0.4 is 5.32 Å². The molecular weight excluding hydrogens is 352 g/mol. The Bertz CT molecular complexity index is 889. The van der Waals surface area contributed by atoms with Crippen LogP contribution in [0.25, 0.3) is 0 Å². The van der Waals surface area contributed by atoms with E-state index < -0.39 is 0 Å². The molecule has 8 heteroatoms. The van der Waals surface area contributed by atoms with Gasteiger partial charge >= 0.3 is 5.97 Å². The largest absolute Gasteiger partial charge is 0.466 e. The van der Waals surface area contributed by atoms with Crippen LogP contribution >= 0.6 is 11.3 Å². The first-order valence-corrected chi connectivity index (χ1v) is 8.99. The third-order valence-corrected chi connectivity index (χ3v) is 4.29. The zero-order chi connectivity index (χ0) is 18.4. The lowest BCUT2D eigenvalue weighted by atomic mass is 10.2. The summed E-state index contributed by atoms with van der Waals surface area (Å²) in [5, 5.41) is 9.10. The molecule has 0 unspecified atom stereocenters. The molecule has 0 aliphatic carbocycles. The average molecular weight is 370 g/mol. The molecule has 3 rings (SSSR count). The minimum atomic E-state index is -0.335. The van der Waals surface area contributed by atoms with Gasteiger partial charge < -0.3 is 4.74 Å². The number of aromatic nitrogens is 3. The van der Waals surface area contributed by atoms with E-state index in [-0.39, 0.29) is 18.3 Å². The number of hydrogen-bond donors (Lipinski definition) is 1. The van der Waals surface area contributed by atoms with E-state index in [0.29, 0.717) is 29.5 Å². The van der Waals surface area contributed by atoms with E-state index >= 15 is 0 Å². The Balaban J connectivity index is 1.58. The Morgan fingerprint density at radius 3 is 2.85 bits per heavy atom. The SMILES string of the molecule is CCOC(=O)Cc1csc(NC(=O)c2cnn(Cc3ccccc3)c2)n1. The third kappa shape index (κ3) is 4.76. The van der Waals surface area contributed by atoms with E-state index in [1.165, 1.54) is 17.5 Å². The molecule has 0 fully saturated rings. The van der Waals surface area contributed by atoms with Gasteiger partial charge in [0, 0.05) is 11.6 Å². The van der Waals surface area contributed by atoms with Gasteiger partial charge in [-0.1, -0.05) is 30.3 Å². The number of ether oxygens (including phenoxy) is 1. The fraction of sp³-hybridized carbons (Fsp3) is 0.222. The lowest BCUT2D eigenvalue weighted by Crippen LogP contribution is -2.12. The van der Waals surface area contributed by atoms with Crippen molar-refractivity contribution in [2.75, 3.05) is 11.9 Å². The Hall–Kier alpha value is -3.00. The van der Waals surface area contributed by atoms with Crippen LogP contribution in [0, 0.1) is 0 Å². The number of esters is 1. The summed E-state index contributed by atoms with van der Waals surface area (Å²) in [6.45, 7) is 2.68. The van der Waals surface area contributed by atoms with Crippen molar-refractivity contribution in [3.63, 3.8) is 0 Å². The van der Waals surface area contributed by atoms with Crippen LogP contribution in [-0.2, 0) is 22.5 Å². The second-order valence-corrected chi connectivity index (χ2v) is 6.35. The van der Waals surface area contributed by atoms with Crippen molar-refractivity contribution in [1.29, 1.82) is 0 Å². The quantitative estimate of drug-likeness (QED) is 0.646. The van der Waals surface area contributed by atoms with Gasteiger partial charge in [-0.25, -0.2) is 4.98 Å². The molecule has 1 N–H and O–H groups in total. The number of thiazole rings is 1. The number of carbonyl (C=O) groups excluding carboxylic acids is 2. The molecule has 0 aliphatic heterocycles. The van der Waals surface area contributed by atoms with Crippen molar-refractivity contribution in [3.05, 3.63) is 64.9 Å². The maximum atomic E-state index is 12.3. The zero-order valence-corrected chi connectivity index (χ0v) is 15.0. The number of anilines is 1. The summed E-state index contributed by atoms with van der Waals surface area (Å²) >= 11 is 1.26. The number of carbonyl (C=O) groups is 2. The number of rotatable bonds is 7. The highest BCUT2D eigenvalue weighted by atomic mass is 32.1. The van der Waals surface area contributed by atoms with Gasteiger partial charge in [0.25, 0.3) is 5.91 Å². The number of nitrogens with one attached hydrogen (secondary N) is 1. The van der Waals surface area contributed by atoms with E-state index in [0.717, 1.165) is 5.56 Å². The van der Waals surface area contributed by atoms with Crippen molar-refractivity contribution in [2.45, 2.75) is 19.9 Å². The molecule has 134 valence electrons. The predicted molar refractivity (Wildman–Crippen MR) is 98.2 cm³/mol. The van der Waals surface area contributed by atoms with E-state index in [2.05, 4.69) is 15.4 Å². The fourth-order valence-electron chi connectivity index (χ4n) is 2.31. The molecule has 0 saturated carbocycles. The highest BCUT2D eigenvalue weighted by Gasteiger charge is 2.13. The monoisotopic (exact) mass is 370 g/mol. The van der Waals surface area contributed by atoms with Crippen LogP contribution in [0.2, 0.25) is 0 Å². The summed E-state index contributed by atoms with van der Waals surface area (Å²) < 4.78 is 6.59. The molecule has 1 amide bonds. The summed E-state index contributed by atoms with van der Waals surface area (Å²) in [5.74, 6) is -0.626. The van der Waals surface area contributed by atoms with E-state index in [1.807, 2.05) is 30.3 Å². The maximum absolute atomic E-state index is 12.3. The lowest BCUT2D eigenvalue weighted by Gasteiger charge is -2.01. The first-order chi connectivity index (χ1) is 12.6. The fourth-order valence-corrected chi connectivity index (χ4v) is 3.02. The number of hydrogen-bond acceptors (Lipinski definition) is 6. The predicted octanol–water partition coefficient (Wildman–Crippen LogP) is 2.75. The van der Waals surface area contributed by atoms with Crippen molar-refractivity contribution in [3.8, 4) is 0 Å². The second kappa shape index (κ2) is 8.39. The van der Waals surface area contributed by atoms with Crippen LogP contribution in [-0.4, -0.2) is 33.2 Å². The lowest BCUT2D eigenvalue weighted by molar-refractivity contribution is -0.142. The highest BCUT2D eigenvalue weighted by molar-refractivity contribution is 7.14. The van der Waals surface area contributed by atoms with E-state index in [1.54, 1.807) is 23.2 Å². The zero-order valence-electron chi connectivity index (χ0n) is 14.2. The van der Waals surface area contributed by atoms with Crippen LogP contribution in [0.15, 0.2) is 48.1 Å². The standard InChI is InChI=1S/C18H18N4O3S/c1-2-25-16(23)8-15-12-26-18(20-15)21-17(24)14-9-19-22(11-14)10-13-6-4-3-5-7-13/h3-7,9,11-12H,2,8,10H2,1H3,(H,20,21,24). The third-order valence-electron chi connectivity index (χ3n) is 3.49. The molecule has 7 nitrogen and oxygen atoms in total. The Morgan fingerprint density at radius 1 is 1.27 bits per heavy atom. The molecule has 0 saturated heterocycles. The topological polar surface area (TPSA) is 86.1 Å². The van der Waals surface area contributed by atoms with E-state index in [9.17, 15) is 9.59 Å². The van der Waals surface area contributed by atoms with Gasteiger partial charge in [-0.05, 0) is 12.5 Å². The van der Waals surface area contributed by atoms with Crippen molar-refractivity contribution in [2.24, 2.45) is 0 Å². The summed E-state index contributed by atoms with van der Waals surface area (Å²) in [5.41, 5.74) is 2.12. The van der Waals surface area contributed by atoms with Gasteiger partial charge in [-0.2, -0.15) is 5.10 Å². The Labute approximate surface area is 154 Å².